The Hall–Kier alpha value is -2.77. The number of aromatic nitrogens is 2. The lowest BCUT2D eigenvalue weighted by Crippen LogP contribution is -2.28. The number of sulfone groups is 1. The number of sulfonamides is 1. The molecular formula is C17H22N4O7S2. The second kappa shape index (κ2) is 9.36. The molecule has 0 aliphatic heterocycles. The molecule has 0 atom stereocenters. The number of carbonyl (C=O) groups excluding carboxylic acids is 2. The number of nitrogens with one attached hydrogen (secondary N) is 2. The topological polar surface area (TPSA) is 154 Å². The van der Waals surface area contributed by atoms with Crippen LogP contribution in [0.3, 0.4) is 0 Å². The maximum atomic E-state index is 12.1. The average Bonchev–Trinajstić information content (AvgIpc) is 2.99. The van der Waals surface area contributed by atoms with Crippen molar-refractivity contribution in [2.75, 3.05) is 24.7 Å². The van der Waals surface area contributed by atoms with E-state index in [0.29, 0.717) is 11.5 Å². The van der Waals surface area contributed by atoms with E-state index in [9.17, 15) is 26.4 Å². The van der Waals surface area contributed by atoms with E-state index >= 15 is 0 Å². The Kier molecular flexibility index (Phi) is 7.34. The normalized spacial score (nSPS) is 11.8. The summed E-state index contributed by atoms with van der Waals surface area (Å²) in [4.78, 5) is 27.5. The summed E-state index contributed by atoms with van der Waals surface area (Å²) < 4.78 is 55.6. The van der Waals surface area contributed by atoms with E-state index in [4.69, 9.17) is 4.74 Å². The van der Waals surface area contributed by atoms with E-state index < -0.39 is 38.3 Å². The number of hydrogen-bond acceptors (Lipinski definition) is 8. The molecule has 0 bridgehead atoms. The van der Waals surface area contributed by atoms with Gasteiger partial charge in [-0.25, -0.2) is 26.5 Å². The molecule has 0 radical (unpaired) electrons. The van der Waals surface area contributed by atoms with Gasteiger partial charge in [-0.05, 0) is 31.2 Å². The SMILES string of the molecule is Cc1nc(S(=O)(=O)NCCC(=O)OCC(=O)Nc2ccc(S(C)(=O)=O)cc2)cn1C. The number of anilines is 1. The minimum absolute atomic E-state index is 0.107. The molecule has 2 rings (SSSR count). The Balaban J connectivity index is 1.75. The molecule has 13 heteroatoms. The van der Waals surface area contributed by atoms with Crippen LogP contribution in [0.5, 0.6) is 0 Å². The van der Waals surface area contributed by atoms with Crippen LogP contribution < -0.4 is 10.0 Å². The van der Waals surface area contributed by atoms with E-state index in [1.807, 2.05) is 0 Å². The van der Waals surface area contributed by atoms with Crippen LogP contribution in [0.4, 0.5) is 5.69 Å². The lowest BCUT2D eigenvalue weighted by Gasteiger charge is -2.08. The Labute approximate surface area is 174 Å². The van der Waals surface area contributed by atoms with Crippen LogP contribution in [0, 0.1) is 6.92 Å². The van der Waals surface area contributed by atoms with Crippen LogP contribution in [0.1, 0.15) is 12.2 Å². The number of esters is 1. The Bertz CT molecular complexity index is 1120. The molecule has 2 aromatic rings. The third-order valence-electron chi connectivity index (χ3n) is 3.91. The number of ether oxygens (including phenoxy) is 1. The fourth-order valence-corrected chi connectivity index (χ4v) is 3.92. The van der Waals surface area contributed by atoms with E-state index in [0.717, 1.165) is 6.26 Å². The van der Waals surface area contributed by atoms with Crippen molar-refractivity contribution in [2.24, 2.45) is 7.05 Å². The van der Waals surface area contributed by atoms with Crippen LogP contribution in [0.2, 0.25) is 0 Å². The predicted octanol–water partition coefficient (Wildman–Crippen LogP) is -0.0177. The monoisotopic (exact) mass is 458 g/mol. The average molecular weight is 459 g/mol. The van der Waals surface area contributed by atoms with Crippen molar-refractivity contribution in [3.8, 4) is 0 Å². The van der Waals surface area contributed by atoms with Gasteiger partial charge < -0.3 is 14.6 Å². The zero-order valence-electron chi connectivity index (χ0n) is 16.6. The third-order valence-corrected chi connectivity index (χ3v) is 6.37. The Morgan fingerprint density at radius 2 is 1.77 bits per heavy atom. The largest absolute Gasteiger partial charge is 0.456 e. The van der Waals surface area contributed by atoms with Crippen molar-refractivity contribution < 1.29 is 31.2 Å². The summed E-state index contributed by atoms with van der Waals surface area (Å²) >= 11 is 0. The number of hydrogen-bond donors (Lipinski definition) is 2. The first-order valence-electron chi connectivity index (χ1n) is 8.64. The summed E-state index contributed by atoms with van der Waals surface area (Å²) in [6.07, 6.45) is 2.14. The van der Waals surface area contributed by atoms with Crippen LogP contribution >= 0.6 is 0 Å². The molecule has 0 saturated carbocycles. The van der Waals surface area contributed by atoms with Gasteiger partial charge >= 0.3 is 5.97 Å². The highest BCUT2D eigenvalue weighted by atomic mass is 32.2. The molecule has 0 saturated heterocycles. The lowest BCUT2D eigenvalue weighted by molar-refractivity contribution is -0.147. The highest BCUT2D eigenvalue weighted by Crippen LogP contribution is 2.13. The molecule has 0 fully saturated rings. The van der Waals surface area contributed by atoms with E-state index in [1.54, 1.807) is 18.5 Å². The zero-order chi connectivity index (χ0) is 22.5. The summed E-state index contributed by atoms with van der Waals surface area (Å²) in [5.41, 5.74) is 0.335. The molecule has 1 aromatic heterocycles. The first-order chi connectivity index (χ1) is 13.9. The standard InChI is InChI=1S/C17H22N4O7S2/c1-12-19-16(10-21(12)2)30(26,27)18-9-8-17(23)28-11-15(22)20-13-4-6-14(7-5-13)29(3,24)25/h4-7,10,18H,8-9,11H2,1-3H3,(H,20,22). The van der Waals surface area contributed by atoms with Gasteiger partial charge in [-0.2, -0.15) is 0 Å². The summed E-state index contributed by atoms with van der Waals surface area (Å²) in [7, 11) is -5.54. The van der Waals surface area contributed by atoms with Crippen molar-refractivity contribution in [2.45, 2.75) is 23.3 Å². The van der Waals surface area contributed by atoms with Gasteiger partial charge in [0.15, 0.2) is 21.5 Å². The Morgan fingerprint density at radius 1 is 1.13 bits per heavy atom. The number of aryl methyl sites for hydroxylation is 2. The maximum Gasteiger partial charge on any atom is 0.307 e. The molecule has 1 aromatic carbocycles. The molecule has 0 spiro atoms. The molecule has 0 unspecified atom stereocenters. The van der Waals surface area contributed by atoms with Crippen molar-refractivity contribution in [1.29, 1.82) is 0 Å². The van der Waals surface area contributed by atoms with E-state index in [2.05, 4.69) is 15.0 Å². The number of benzene rings is 1. The smallest absolute Gasteiger partial charge is 0.307 e. The van der Waals surface area contributed by atoms with Gasteiger partial charge in [0.1, 0.15) is 5.82 Å². The Morgan fingerprint density at radius 3 is 2.30 bits per heavy atom. The van der Waals surface area contributed by atoms with Crippen LogP contribution in [-0.2, 0) is 41.2 Å². The number of imidazole rings is 1. The number of carbonyl (C=O) groups is 2. The van der Waals surface area contributed by atoms with Crippen molar-refractivity contribution in [3.63, 3.8) is 0 Å². The lowest BCUT2D eigenvalue weighted by atomic mass is 10.3. The zero-order valence-corrected chi connectivity index (χ0v) is 18.2. The first kappa shape index (κ1) is 23.5. The summed E-state index contributed by atoms with van der Waals surface area (Å²) in [6, 6.07) is 5.49. The first-order valence-corrected chi connectivity index (χ1v) is 12.0. The van der Waals surface area contributed by atoms with Crippen LogP contribution in [-0.4, -0.2) is 57.7 Å². The van der Waals surface area contributed by atoms with Gasteiger partial charge in [-0.3, -0.25) is 9.59 Å². The summed E-state index contributed by atoms with van der Waals surface area (Å²) in [6.45, 7) is 0.867. The third kappa shape index (κ3) is 6.64. The molecule has 1 heterocycles. The van der Waals surface area contributed by atoms with Crippen LogP contribution in [0.15, 0.2) is 40.4 Å². The molecule has 2 N–H and O–H groups in total. The molecule has 11 nitrogen and oxygen atoms in total. The second-order valence-corrected chi connectivity index (χ2v) is 10.1. The molecule has 0 aliphatic carbocycles. The quantitative estimate of drug-likeness (QED) is 0.497. The van der Waals surface area contributed by atoms with Gasteiger partial charge in [0.2, 0.25) is 0 Å². The minimum atomic E-state index is -3.86. The number of amides is 1. The fraction of sp³-hybridized carbons (Fsp3) is 0.353. The highest BCUT2D eigenvalue weighted by Gasteiger charge is 2.19. The summed E-state index contributed by atoms with van der Waals surface area (Å²) in [5, 5.41) is 2.30. The molecule has 30 heavy (non-hydrogen) atoms. The van der Waals surface area contributed by atoms with Gasteiger partial charge in [-0.1, -0.05) is 0 Å². The van der Waals surface area contributed by atoms with Gasteiger partial charge in [-0.15, -0.1) is 0 Å². The number of rotatable bonds is 9. The molecule has 164 valence electrons. The fourth-order valence-electron chi connectivity index (χ4n) is 2.22. The molecular weight excluding hydrogens is 436 g/mol. The summed E-state index contributed by atoms with van der Waals surface area (Å²) in [5.74, 6) is -0.871. The predicted molar refractivity (Wildman–Crippen MR) is 107 cm³/mol. The second-order valence-electron chi connectivity index (χ2n) is 6.39. The molecule has 1 amide bonds. The van der Waals surface area contributed by atoms with Crippen molar-refractivity contribution >= 4 is 37.4 Å². The highest BCUT2D eigenvalue weighted by molar-refractivity contribution is 7.90. The van der Waals surface area contributed by atoms with Gasteiger partial charge in [0.05, 0.1) is 11.3 Å². The maximum absolute atomic E-state index is 12.1. The van der Waals surface area contributed by atoms with Crippen LogP contribution in [0.25, 0.3) is 0 Å². The minimum Gasteiger partial charge on any atom is -0.456 e. The number of nitrogens with zero attached hydrogens (tertiary/aromatic N) is 2. The van der Waals surface area contributed by atoms with Crippen molar-refractivity contribution in [1.82, 2.24) is 14.3 Å². The molecule has 0 aliphatic rings. The van der Waals surface area contributed by atoms with Gasteiger partial charge in [0, 0.05) is 31.7 Å². The van der Waals surface area contributed by atoms with E-state index in [1.165, 1.54) is 30.5 Å². The van der Waals surface area contributed by atoms with Gasteiger partial charge in [0.25, 0.3) is 15.9 Å². The van der Waals surface area contributed by atoms with E-state index in [-0.39, 0.29) is 22.9 Å². The van der Waals surface area contributed by atoms with Crippen molar-refractivity contribution in [3.05, 3.63) is 36.3 Å².